The molecule has 96 valence electrons. The van der Waals surface area contributed by atoms with E-state index < -0.39 is 0 Å². The predicted molar refractivity (Wildman–Crippen MR) is 69.5 cm³/mol. The van der Waals surface area contributed by atoms with Gasteiger partial charge in [-0.25, -0.2) is 4.98 Å². The second-order valence-corrected chi connectivity index (χ2v) is 4.07. The molecule has 1 atom stereocenters. The number of pyridine rings is 1. The van der Waals surface area contributed by atoms with Crippen molar-refractivity contribution in [3.63, 3.8) is 0 Å². The first-order valence-electron chi connectivity index (χ1n) is 5.54. The van der Waals surface area contributed by atoms with Gasteiger partial charge in [-0.3, -0.25) is 0 Å². The Kier molecular flexibility index (Phi) is 5.18. The van der Waals surface area contributed by atoms with E-state index >= 15 is 0 Å². The molecule has 1 N–H and O–H groups in total. The van der Waals surface area contributed by atoms with Crippen molar-refractivity contribution in [1.82, 2.24) is 4.98 Å². The van der Waals surface area contributed by atoms with Crippen molar-refractivity contribution in [2.24, 2.45) is 0 Å². The highest BCUT2D eigenvalue weighted by Crippen LogP contribution is 2.14. The number of aromatic nitrogens is 1. The van der Waals surface area contributed by atoms with E-state index in [4.69, 9.17) is 9.47 Å². The molecule has 0 aliphatic carbocycles. The molecular formula is C12H21N3O2. The molecule has 5 heteroatoms. The highest BCUT2D eigenvalue weighted by atomic mass is 16.7. The minimum Gasteiger partial charge on any atom is -0.376 e. The zero-order valence-electron chi connectivity index (χ0n) is 11.1. The SMILES string of the molecule is COC(OC)C(C)Nc1ccc(N(C)C)nc1. The summed E-state index contributed by atoms with van der Waals surface area (Å²) in [4.78, 5) is 6.28. The predicted octanol–water partition coefficient (Wildman–Crippen LogP) is 1.57. The van der Waals surface area contributed by atoms with Gasteiger partial charge in [-0.2, -0.15) is 0 Å². The van der Waals surface area contributed by atoms with Crippen LogP contribution in [0.25, 0.3) is 0 Å². The maximum Gasteiger partial charge on any atom is 0.176 e. The minimum atomic E-state index is -0.275. The molecule has 17 heavy (non-hydrogen) atoms. The van der Waals surface area contributed by atoms with Crippen LogP contribution in [-0.4, -0.2) is 45.6 Å². The summed E-state index contributed by atoms with van der Waals surface area (Å²) in [5.74, 6) is 0.929. The third-order valence-electron chi connectivity index (χ3n) is 2.47. The van der Waals surface area contributed by atoms with Crippen LogP contribution in [0.5, 0.6) is 0 Å². The summed E-state index contributed by atoms with van der Waals surface area (Å²) in [7, 11) is 7.17. The lowest BCUT2D eigenvalue weighted by Gasteiger charge is -2.23. The number of ether oxygens (including phenoxy) is 2. The van der Waals surface area contributed by atoms with Crippen LogP contribution >= 0.6 is 0 Å². The monoisotopic (exact) mass is 239 g/mol. The summed E-state index contributed by atoms with van der Waals surface area (Å²) in [6, 6.07) is 4.00. The van der Waals surface area contributed by atoms with Crippen molar-refractivity contribution < 1.29 is 9.47 Å². The Hall–Kier alpha value is -1.33. The zero-order chi connectivity index (χ0) is 12.8. The van der Waals surface area contributed by atoms with Crippen LogP contribution in [0.1, 0.15) is 6.92 Å². The van der Waals surface area contributed by atoms with Crippen molar-refractivity contribution in [3.05, 3.63) is 18.3 Å². The average molecular weight is 239 g/mol. The normalized spacial score (nSPS) is 12.6. The molecule has 0 bridgehead atoms. The van der Waals surface area contributed by atoms with Gasteiger partial charge in [0.15, 0.2) is 6.29 Å². The molecule has 0 aromatic carbocycles. The molecule has 0 fully saturated rings. The molecule has 0 saturated carbocycles. The van der Waals surface area contributed by atoms with E-state index in [2.05, 4.69) is 10.3 Å². The van der Waals surface area contributed by atoms with E-state index in [1.807, 2.05) is 38.1 Å². The van der Waals surface area contributed by atoms with Crippen molar-refractivity contribution in [2.45, 2.75) is 19.3 Å². The molecule has 1 rings (SSSR count). The Bertz CT molecular complexity index is 323. The Balaban J connectivity index is 2.62. The van der Waals surface area contributed by atoms with Crippen LogP contribution < -0.4 is 10.2 Å². The lowest BCUT2D eigenvalue weighted by Crippen LogP contribution is -2.33. The molecule has 5 nitrogen and oxygen atoms in total. The fourth-order valence-corrected chi connectivity index (χ4v) is 1.57. The fraction of sp³-hybridized carbons (Fsp3) is 0.583. The van der Waals surface area contributed by atoms with Gasteiger partial charge in [0, 0.05) is 28.3 Å². The first-order chi connectivity index (χ1) is 8.08. The Morgan fingerprint density at radius 3 is 2.29 bits per heavy atom. The van der Waals surface area contributed by atoms with Gasteiger partial charge in [-0.15, -0.1) is 0 Å². The molecule has 0 spiro atoms. The lowest BCUT2D eigenvalue weighted by molar-refractivity contribution is -0.109. The van der Waals surface area contributed by atoms with E-state index in [0.717, 1.165) is 11.5 Å². The van der Waals surface area contributed by atoms with Gasteiger partial charge in [0.05, 0.1) is 17.9 Å². The Morgan fingerprint density at radius 2 is 1.88 bits per heavy atom. The molecule has 1 heterocycles. The van der Waals surface area contributed by atoms with Gasteiger partial charge < -0.3 is 19.7 Å². The van der Waals surface area contributed by atoms with E-state index in [1.165, 1.54) is 0 Å². The molecule has 0 aliphatic heterocycles. The minimum absolute atomic E-state index is 0.0528. The first-order valence-corrected chi connectivity index (χ1v) is 5.54. The topological polar surface area (TPSA) is 46.6 Å². The molecule has 1 unspecified atom stereocenters. The van der Waals surface area contributed by atoms with E-state index in [1.54, 1.807) is 20.4 Å². The Morgan fingerprint density at radius 1 is 1.24 bits per heavy atom. The third kappa shape index (κ3) is 3.87. The number of nitrogens with one attached hydrogen (secondary N) is 1. The van der Waals surface area contributed by atoms with Crippen molar-refractivity contribution in [3.8, 4) is 0 Å². The largest absolute Gasteiger partial charge is 0.376 e. The maximum absolute atomic E-state index is 5.18. The highest BCUT2D eigenvalue weighted by molar-refractivity contribution is 5.48. The van der Waals surface area contributed by atoms with Crippen LogP contribution in [-0.2, 0) is 9.47 Å². The van der Waals surface area contributed by atoms with Crippen LogP contribution in [0.4, 0.5) is 11.5 Å². The quantitative estimate of drug-likeness (QED) is 0.763. The van der Waals surface area contributed by atoms with Crippen LogP contribution in [0, 0.1) is 0 Å². The molecular weight excluding hydrogens is 218 g/mol. The van der Waals surface area contributed by atoms with E-state index in [-0.39, 0.29) is 12.3 Å². The number of anilines is 2. The molecule has 1 aromatic heterocycles. The molecule has 0 amide bonds. The number of hydrogen-bond acceptors (Lipinski definition) is 5. The highest BCUT2D eigenvalue weighted by Gasteiger charge is 2.15. The number of rotatable bonds is 6. The van der Waals surface area contributed by atoms with Crippen molar-refractivity contribution in [1.29, 1.82) is 0 Å². The van der Waals surface area contributed by atoms with Gasteiger partial charge in [0.1, 0.15) is 5.82 Å². The van der Waals surface area contributed by atoms with Gasteiger partial charge in [0.25, 0.3) is 0 Å². The molecule has 0 aliphatic rings. The standard InChI is InChI=1S/C12H21N3O2/c1-9(12(16-4)17-5)14-10-6-7-11(13-8-10)15(2)3/h6-9,12,14H,1-5H3. The van der Waals surface area contributed by atoms with Crippen LogP contribution in [0.2, 0.25) is 0 Å². The number of nitrogens with zero attached hydrogens (tertiary/aromatic N) is 2. The van der Waals surface area contributed by atoms with E-state index in [0.29, 0.717) is 0 Å². The summed E-state index contributed by atoms with van der Waals surface area (Å²) < 4.78 is 10.4. The van der Waals surface area contributed by atoms with Gasteiger partial charge in [0.2, 0.25) is 0 Å². The zero-order valence-corrected chi connectivity index (χ0v) is 11.1. The lowest BCUT2D eigenvalue weighted by atomic mass is 10.3. The average Bonchev–Trinajstić information content (AvgIpc) is 2.31. The van der Waals surface area contributed by atoms with Gasteiger partial charge in [-0.1, -0.05) is 0 Å². The van der Waals surface area contributed by atoms with Crippen LogP contribution in [0.15, 0.2) is 18.3 Å². The molecule has 0 radical (unpaired) electrons. The van der Waals surface area contributed by atoms with Crippen molar-refractivity contribution in [2.75, 3.05) is 38.5 Å². The maximum atomic E-state index is 5.18. The van der Waals surface area contributed by atoms with Crippen LogP contribution in [0.3, 0.4) is 0 Å². The van der Waals surface area contributed by atoms with Crippen molar-refractivity contribution >= 4 is 11.5 Å². The summed E-state index contributed by atoms with van der Waals surface area (Å²) in [5.41, 5.74) is 0.946. The molecule has 0 saturated heterocycles. The second kappa shape index (κ2) is 6.42. The molecule has 1 aromatic rings. The van der Waals surface area contributed by atoms with E-state index in [9.17, 15) is 0 Å². The first kappa shape index (κ1) is 13.7. The van der Waals surface area contributed by atoms with Gasteiger partial charge >= 0.3 is 0 Å². The summed E-state index contributed by atoms with van der Waals surface area (Å²) >= 11 is 0. The summed E-state index contributed by atoms with van der Waals surface area (Å²) in [5, 5.41) is 3.28. The van der Waals surface area contributed by atoms with Gasteiger partial charge in [-0.05, 0) is 19.1 Å². The fourth-order valence-electron chi connectivity index (χ4n) is 1.57. The summed E-state index contributed by atoms with van der Waals surface area (Å²) in [6.07, 6.45) is 1.53. The third-order valence-corrected chi connectivity index (χ3v) is 2.47. The number of hydrogen-bond donors (Lipinski definition) is 1. The second-order valence-electron chi connectivity index (χ2n) is 4.07. The number of methoxy groups -OCH3 is 2. The summed E-state index contributed by atoms with van der Waals surface area (Å²) in [6.45, 7) is 2.00. The smallest absolute Gasteiger partial charge is 0.176 e. The Labute approximate surface area is 103 Å².